The minimum absolute atomic E-state index is 0.0382. The summed E-state index contributed by atoms with van der Waals surface area (Å²) >= 11 is 9.78. The Bertz CT molecular complexity index is 1910. The van der Waals surface area contributed by atoms with Crippen molar-refractivity contribution in [3.05, 3.63) is 127 Å². The summed E-state index contributed by atoms with van der Waals surface area (Å²) in [5.41, 5.74) is 1.25. The number of nitro benzene ring substituents is 1. The largest absolute Gasteiger partial charge is 0.495 e. The number of nitro groups is 1. The maximum atomic E-state index is 14.6. The van der Waals surface area contributed by atoms with E-state index in [0.29, 0.717) is 12.1 Å². The van der Waals surface area contributed by atoms with Gasteiger partial charge in [-0.1, -0.05) is 76.1 Å². The van der Waals surface area contributed by atoms with Crippen LogP contribution in [0.2, 0.25) is 5.02 Å². The Morgan fingerprint density at radius 2 is 1.71 bits per heavy atom. The van der Waals surface area contributed by atoms with Gasteiger partial charge in [0, 0.05) is 40.6 Å². The molecule has 2 amide bonds. The van der Waals surface area contributed by atoms with Crippen molar-refractivity contribution in [1.29, 1.82) is 0 Å². The first-order valence-electron chi connectivity index (χ1n) is 14.8. The summed E-state index contributed by atoms with van der Waals surface area (Å²) in [6.45, 7) is 2.72. The van der Waals surface area contributed by atoms with Gasteiger partial charge in [-0.25, -0.2) is 8.42 Å². The fourth-order valence-corrected chi connectivity index (χ4v) is 7.17. The van der Waals surface area contributed by atoms with Crippen molar-refractivity contribution in [3.8, 4) is 5.75 Å². The number of nitrogens with one attached hydrogen (secondary N) is 1. The molecule has 4 rings (SSSR count). The molecule has 0 unspecified atom stereocenters. The first-order chi connectivity index (χ1) is 22.8. The smallest absolute Gasteiger partial charge is 0.273 e. The summed E-state index contributed by atoms with van der Waals surface area (Å²) in [5, 5.41) is 14.7. The summed E-state index contributed by atoms with van der Waals surface area (Å²) < 4.78 is 35.8. The number of aryl methyl sites for hydroxylation is 1. The van der Waals surface area contributed by atoms with Gasteiger partial charge in [-0.3, -0.25) is 24.0 Å². The number of benzene rings is 4. The van der Waals surface area contributed by atoms with Gasteiger partial charge in [0.05, 0.1) is 22.6 Å². The number of amides is 2. The van der Waals surface area contributed by atoms with Crippen molar-refractivity contribution in [2.24, 2.45) is 0 Å². The van der Waals surface area contributed by atoms with Gasteiger partial charge in [0.25, 0.3) is 15.7 Å². The molecular formula is C34H34BrClN4O7S. The van der Waals surface area contributed by atoms with Gasteiger partial charge in [0.2, 0.25) is 11.8 Å². The zero-order valence-corrected chi connectivity index (χ0v) is 29.6. The molecule has 0 aliphatic rings. The van der Waals surface area contributed by atoms with Gasteiger partial charge in [0.1, 0.15) is 18.3 Å². The van der Waals surface area contributed by atoms with Crippen LogP contribution >= 0.6 is 27.5 Å². The summed E-state index contributed by atoms with van der Waals surface area (Å²) in [6.07, 6.45) is 0.143. The standard InChI is InChI=1S/C34H34BrClN4O7S/c1-4-37-34(42)31(18-24-9-6-5-7-10-24)38(21-25-11-8-12-26(35)17-25)33(41)22-39(30-19-27(36)14-16-32(30)47-3)48(45,46)28-15-13-23(2)29(20-28)40(43)44/h5-17,19-20,31H,4,18,21-22H2,1-3H3,(H,37,42)/t31-/m1/s1. The lowest BCUT2D eigenvalue weighted by atomic mass is 10.0. The number of hydrogen-bond donors (Lipinski definition) is 1. The second-order valence-corrected chi connectivity index (χ2v) is 14.0. The van der Waals surface area contributed by atoms with Gasteiger partial charge in [-0.2, -0.15) is 0 Å². The molecule has 14 heteroatoms. The van der Waals surface area contributed by atoms with E-state index in [-0.39, 0.29) is 35.0 Å². The average molecular weight is 758 g/mol. The summed E-state index contributed by atoms with van der Waals surface area (Å²) in [5.74, 6) is -1.05. The molecule has 4 aromatic carbocycles. The van der Waals surface area contributed by atoms with Crippen LogP contribution in [0, 0.1) is 17.0 Å². The third kappa shape index (κ3) is 8.71. The topological polar surface area (TPSA) is 139 Å². The molecule has 4 aromatic rings. The van der Waals surface area contributed by atoms with Crippen LogP contribution in [0.25, 0.3) is 0 Å². The molecule has 0 saturated carbocycles. The highest BCUT2D eigenvalue weighted by molar-refractivity contribution is 9.10. The molecule has 1 atom stereocenters. The molecular weight excluding hydrogens is 724 g/mol. The van der Waals surface area contributed by atoms with Gasteiger partial charge in [0.15, 0.2) is 0 Å². The van der Waals surface area contributed by atoms with Crippen LogP contribution in [0.15, 0.2) is 100 Å². The Morgan fingerprint density at radius 1 is 1.00 bits per heavy atom. The van der Waals surface area contributed by atoms with E-state index in [2.05, 4.69) is 21.2 Å². The Balaban J connectivity index is 1.89. The molecule has 0 saturated heterocycles. The Labute approximate surface area is 292 Å². The van der Waals surface area contributed by atoms with Crippen LogP contribution in [0.5, 0.6) is 5.75 Å². The first-order valence-corrected chi connectivity index (χ1v) is 17.4. The lowest BCUT2D eigenvalue weighted by Crippen LogP contribution is -2.53. The SMILES string of the molecule is CCNC(=O)[C@@H](Cc1ccccc1)N(Cc1cccc(Br)c1)C(=O)CN(c1cc(Cl)ccc1OC)S(=O)(=O)c1ccc(C)c([N+](=O)[O-])c1. The summed E-state index contributed by atoms with van der Waals surface area (Å²) in [7, 11) is -3.33. The van der Waals surface area contributed by atoms with Crippen LogP contribution in [0.3, 0.4) is 0 Å². The number of carbonyl (C=O) groups excluding carboxylic acids is 2. The quantitative estimate of drug-likeness (QED) is 0.118. The molecule has 252 valence electrons. The predicted octanol–water partition coefficient (Wildman–Crippen LogP) is 6.30. The lowest BCUT2D eigenvalue weighted by Gasteiger charge is -2.34. The number of methoxy groups -OCH3 is 1. The maximum absolute atomic E-state index is 14.6. The Kier molecular flexibility index (Phi) is 12.2. The lowest BCUT2D eigenvalue weighted by molar-refractivity contribution is -0.385. The number of halogens is 2. The molecule has 11 nitrogen and oxygen atoms in total. The number of nitrogens with zero attached hydrogens (tertiary/aromatic N) is 3. The van der Waals surface area contributed by atoms with Gasteiger partial charge >= 0.3 is 0 Å². The van der Waals surface area contributed by atoms with E-state index in [4.69, 9.17) is 16.3 Å². The maximum Gasteiger partial charge on any atom is 0.273 e. The van der Waals surface area contributed by atoms with Crippen LogP contribution in [-0.2, 0) is 32.6 Å². The molecule has 0 heterocycles. The highest BCUT2D eigenvalue weighted by Gasteiger charge is 2.36. The highest BCUT2D eigenvalue weighted by atomic mass is 79.9. The third-order valence-corrected chi connectivity index (χ3v) is 10.0. The zero-order chi connectivity index (χ0) is 35.0. The van der Waals surface area contributed by atoms with E-state index in [1.165, 1.54) is 49.3 Å². The van der Waals surface area contributed by atoms with Crippen LogP contribution in [0.4, 0.5) is 11.4 Å². The van der Waals surface area contributed by atoms with Crippen molar-refractivity contribution in [3.63, 3.8) is 0 Å². The molecule has 0 spiro atoms. The van der Waals surface area contributed by atoms with E-state index >= 15 is 0 Å². The normalized spacial score (nSPS) is 11.8. The minimum Gasteiger partial charge on any atom is -0.495 e. The van der Waals surface area contributed by atoms with E-state index in [1.54, 1.807) is 25.1 Å². The fourth-order valence-electron chi connectivity index (χ4n) is 5.12. The minimum atomic E-state index is -4.66. The molecule has 0 aliphatic carbocycles. The molecule has 1 N–H and O–H groups in total. The number of sulfonamides is 1. The number of anilines is 1. The van der Waals surface area contributed by atoms with E-state index in [1.807, 2.05) is 36.4 Å². The summed E-state index contributed by atoms with van der Waals surface area (Å²) in [6, 6.07) is 23.1. The molecule has 0 fully saturated rings. The highest BCUT2D eigenvalue weighted by Crippen LogP contribution is 2.36. The molecule has 0 aliphatic heterocycles. The van der Waals surface area contributed by atoms with E-state index in [0.717, 1.165) is 20.4 Å². The number of rotatable bonds is 14. The zero-order valence-electron chi connectivity index (χ0n) is 26.4. The predicted molar refractivity (Wildman–Crippen MR) is 188 cm³/mol. The number of likely N-dealkylation sites (N-methyl/N-ethyl adjacent to an activating group) is 1. The molecule has 0 aromatic heterocycles. The van der Waals surface area contributed by atoms with Crippen molar-refractivity contribution < 1.29 is 27.7 Å². The van der Waals surface area contributed by atoms with Crippen molar-refractivity contribution >= 4 is 60.7 Å². The Hall–Kier alpha value is -4.46. The average Bonchev–Trinajstić information content (AvgIpc) is 3.05. The monoisotopic (exact) mass is 756 g/mol. The van der Waals surface area contributed by atoms with Gasteiger partial charge in [-0.15, -0.1) is 0 Å². The second kappa shape index (κ2) is 16.1. The number of ether oxygens (including phenoxy) is 1. The molecule has 48 heavy (non-hydrogen) atoms. The van der Waals surface area contributed by atoms with Crippen molar-refractivity contribution in [2.45, 2.75) is 37.8 Å². The second-order valence-electron chi connectivity index (χ2n) is 10.8. The Morgan fingerprint density at radius 3 is 2.35 bits per heavy atom. The number of hydrogen-bond acceptors (Lipinski definition) is 7. The summed E-state index contributed by atoms with van der Waals surface area (Å²) in [4.78, 5) is 40.2. The van der Waals surface area contributed by atoms with E-state index < -0.39 is 49.9 Å². The van der Waals surface area contributed by atoms with Gasteiger partial charge < -0.3 is 15.0 Å². The van der Waals surface area contributed by atoms with Crippen LogP contribution in [0.1, 0.15) is 23.6 Å². The third-order valence-electron chi connectivity index (χ3n) is 7.52. The van der Waals surface area contributed by atoms with Gasteiger partial charge in [-0.05, 0) is 61.4 Å². The fraction of sp³-hybridized carbons (Fsp3) is 0.235. The molecule has 0 bridgehead atoms. The first kappa shape index (κ1) is 36.4. The molecule has 0 radical (unpaired) electrons. The van der Waals surface area contributed by atoms with Crippen molar-refractivity contribution in [2.75, 3.05) is 24.5 Å². The van der Waals surface area contributed by atoms with E-state index in [9.17, 15) is 28.1 Å². The van der Waals surface area contributed by atoms with Crippen LogP contribution < -0.4 is 14.4 Å². The van der Waals surface area contributed by atoms with Crippen LogP contribution in [-0.4, -0.2) is 56.3 Å². The number of carbonyl (C=O) groups is 2. The van der Waals surface area contributed by atoms with Crippen molar-refractivity contribution in [1.82, 2.24) is 10.2 Å².